The standard InChI is InChI=1S/C15H16N6O2/c1-16-15(23)19-13-8-21-14(18-13)6-5-12(20-21)17-11-4-2-3-10(7-11)9-22/h2-8,22H,9H2,1H3,(H,17,20)(H2,16,19,23). The molecule has 3 aromatic rings. The van der Waals surface area contributed by atoms with E-state index in [4.69, 9.17) is 5.11 Å². The van der Waals surface area contributed by atoms with E-state index in [9.17, 15) is 4.79 Å². The first-order valence-electron chi connectivity index (χ1n) is 7.00. The smallest absolute Gasteiger partial charge is 0.320 e. The van der Waals surface area contributed by atoms with Gasteiger partial charge in [0.15, 0.2) is 17.3 Å². The number of aliphatic hydroxyl groups excluding tert-OH is 1. The second-order valence-corrected chi connectivity index (χ2v) is 4.84. The number of nitrogens with one attached hydrogen (secondary N) is 3. The van der Waals surface area contributed by atoms with E-state index in [2.05, 4.69) is 26.0 Å². The van der Waals surface area contributed by atoms with E-state index in [1.54, 1.807) is 22.8 Å². The predicted molar refractivity (Wildman–Crippen MR) is 86.7 cm³/mol. The molecule has 0 fully saturated rings. The highest BCUT2D eigenvalue weighted by atomic mass is 16.3. The molecule has 2 amide bonds. The zero-order chi connectivity index (χ0) is 16.2. The Kier molecular flexibility index (Phi) is 4.07. The molecule has 118 valence electrons. The molecule has 2 heterocycles. The number of fused-ring (bicyclic) bond motifs is 1. The molecule has 0 saturated carbocycles. The van der Waals surface area contributed by atoms with E-state index in [-0.39, 0.29) is 12.6 Å². The van der Waals surface area contributed by atoms with Crippen molar-refractivity contribution in [1.82, 2.24) is 19.9 Å². The number of aromatic nitrogens is 3. The van der Waals surface area contributed by atoms with Crippen LogP contribution in [0.5, 0.6) is 0 Å². The van der Waals surface area contributed by atoms with E-state index in [0.29, 0.717) is 17.3 Å². The summed E-state index contributed by atoms with van der Waals surface area (Å²) in [7, 11) is 1.53. The Morgan fingerprint density at radius 3 is 2.91 bits per heavy atom. The molecule has 1 aromatic carbocycles. The monoisotopic (exact) mass is 312 g/mol. The van der Waals surface area contributed by atoms with Crippen LogP contribution in [0.25, 0.3) is 5.65 Å². The summed E-state index contributed by atoms with van der Waals surface area (Å²) in [4.78, 5) is 15.5. The molecule has 0 aliphatic carbocycles. The number of nitrogens with zero attached hydrogens (tertiary/aromatic N) is 3. The van der Waals surface area contributed by atoms with Gasteiger partial charge in [-0.1, -0.05) is 12.1 Å². The largest absolute Gasteiger partial charge is 0.392 e. The summed E-state index contributed by atoms with van der Waals surface area (Å²) in [6.07, 6.45) is 1.62. The van der Waals surface area contributed by atoms with Crippen LogP contribution in [-0.4, -0.2) is 32.8 Å². The first kappa shape index (κ1) is 14.8. The Bertz CT molecular complexity index is 845. The van der Waals surface area contributed by atoms with Crippen LogP contribution in [0.2, 0.25) is 0 Å². The molecule has 4 N–H and O–H groups in total. The Labute approximate surface area is 132 Å². The minimum Gasteiger partial charge on any atom is -0.392 e. The Balaban J connectivity index is 1.83. The van der Waals surface area contributed by atoms with Gasteiger partial charge in [0.2, 0.25) is 0 Å². The second-order valence-electron chi connectivity index (χ2n) is 4.84. The van der Waals surface area contributed by atoms with E-state index in [1.807, 2.05) is 24.3 Å². The third-order valence-electron chi connectivity index (χ3n) is 3.17. The highest BCUT2D eigenvalue weighted by Gasteiger charge is 2.06. The number of benzene rings is 1. The number of urea groups is 1. The Morgan fingerprint density at radius 2 is 2.13 bits per heavy atom. The van der Waals surface area contributed by atoms with Crippen LogP contribution in [0.1, 0.15) is 5.56 Å². The lowest BCUT2D eigenvalue weighted by atomic mass is 10.2. The highest BCUT2D eigenvalue weighted by Crippen LogP contribution is 2.17. The van der Waals surface area contributed by atoms with E-state index in [0.717, 1.165) is 11.3 Å². The van der Waals surface area contributed by atoms with Crippen molar-refractivity contribution >= 4 is 29.0 Å². The Morgan fingerprint density at radius 1 is 1.26 bits per heavy atom. The summed E-state index contributed by atoms with van der Waals surface area (Å²) in [5, 5.41) is 21.8. The fourth-order valence-electron chi connectivity index (χ4n) is 2.08. The average Bonchev–Trinajstić information content (AvgIpc) is 2.96. The van der Waals surface area contributed by atoms with E-state index >= 15 is 0 Å². The summed E-state index contributed by atoms with van der Waals surface area (Å²) >= 11 is 0. The molecule has 3 rings (SSSR count). The van der Waals surface area contributed by atoms with Gasteiger partial charge in [0, 0.05) is 12.7 Å². The normalized spacial score (nSPS) is 10.5. The molecule has 0 saturated heterocycles. The molecule has 8 nitrogen and oxygen atoms in total. The van der Waals surface area contributed by atoms with Crippen LogP contribution in [0, 0.1) is 0 Å². The fraction of sp³-hybridized carbons (Fsp3) is 0.133. The molecule has 0 spiro atoms. The molecule has 0 aliphatic rings. The highest BCUT2D eigenvalue weighted by molar-refractivity contribution is 5.88. The number of carbonyl (C=O) groups is 1. The second kappa shape index (κ2) is 6.32. The van der Waals surface area contributed by atoms with Crippen molar-refractivity contribution in [3.63, 3.8) is 0 Å². The third kappa shape index (κ3) is 3.38. The van der Waals surface area contributed by atoms with Gasteiger partial charge in [-0.05, 0) is 29.8 Å². The zero-order valence-electron chi connectivity index (χ0n) is 12.4. The van der Waals surface area contributed by atoms with E-state index < -0.39 is 0 Å². The van der Waals surface area contributed by atoms with Crippen molar-refractivity contribution < 1.29 is 9.90 Å². The van der Waals surface area contributed by atoms with Gasteiger partial charge in [-0.25, -0.2) is 14.3 Å². The number of imidazole rings is 1. The fourth-order valence-corrected chi connectivity index (χ4v) is 2.08. The lowest BCUT2D eigenvalue weighted by Crippen LogP contribution is -2.24. The lowest BCUT2D eigenvalue weighted by molar-refractivity contribution is 0.254. The van der Waals surface area contributed by atoms with Crippen molar-refractivity contribution in [2.24, 2.45) is 0 Å². The maximum absolute atomic E-state index is 11.3. The van der Waals surface area contributed by atoms with Crippen LogP contribution in [0.3, 0.4) is 0 Å². The molecule has 0 unspecified atom stereocenters. The van der Waals surface area contributed by atoms with Crippen LogP contribution in [0.4, 0.5) is 22.1 Å². The molecule has 0 atom stereocenters. The number of hydrogen-bond donors (Lipinski definition) is 4. The summed E-state index contributed by atoms with van der Waals surface area (Å²) in [5.41, 5.74) is 2.26. The summed E-state index contributed by atoms with van der Waals surface area (Å²) in [6, 6.07) is 10.7. The predicted octanol–water partition coefficient (Wildman–Crippen LogP) is 1.72. The minimum absolute atomic E-state index is 0.0158. The van der Waals surface area contributed by atoms with Crippen LogP contribution >= 0.6 is 0 Å². The van der Waals surface area contributed by atoms with Gasteiger partial charge >= 0.3 is 6.03 Å². The van der Waals surface area contributed by atoms with Crippen molar-refractivity contribution in [1.29, 1.82) is 0 Å². The molecular weight excluding hydrogens is 296 g/mol. The van der Waals surface area contributed by atoms with Crippen molar-refractivity contribution in [3.05, 3.63) is 48.2 Å². The first-order valence-corrected chi connectivity index (χ1v) is 7.00. The number of carbonyl (C=O) groups excluding carboxylic acids is 1. The molecule has 0 aliphatic heterocycles. The Hall–Kier alpha value is -3.13. The van der Waals surface area contributed by atoms with Gasteiger partial charge in [-0.2, -0.15) is 0 Å². The first-order chi connectivity index (χ1) is 11.2. The zero-order valence-corrected chi connectivity index (χ0v) is 12.4. The van der Waals surface area contributed by atoms with Gasteiger partial charge < -0.3 is 15.7 Å². The quantitative estimate of drug-likeness (QED) is 0.587. The third-order valence-corrected chi connectivity index (χ3v) is 3.17. The van der Waals surface area contributed by atoms with E-state index in [1.165, 1.54) is 7.05 Å². The van der Waals surface area contributed by atoms with Crippen molar-refractivity contribution in [2.75, 3.05) is 17.7 Å². The summed E-state index contributed by atoms with van der Waals surface area (Å²) in [6.45, 7) is -0.0158. The summed E-state index contributed by atoms with van der Waals surface area (Å²) < 4.78 is 1.57. The molecule has 8 heteroatoms. The molecular formula is C15H16N6O2. The summed E-state index contributed by atoms with van der Waals surface area (Å²) in [5.74, 6) is 1.03. The molecule has 23 heavy (non-hydrogen) atoms. The van der Waals surface area contributed by atoms with Gasteiger partial charge in [-0.3, -0.25) is 5.32 Å². The average molecular weight is 312 g/mol. The molecule has 0 bridgehead atoms. The number of hydrogen-bond acceptors (Lipinski definition) is 5. The SMILES string of the molecule is CNC(=O)Nc1cn2nc(Nc3cccc(CO)c3)ccc2n1. The van der Waals surface area contributed by atoms with Crippen molar-refractivity contribution in [2.45, 2.75) is 6.61 Å². The maximum atomic E-state index is 11.3. The molecule has 2 aromatic heterocycles. The minimum atomic E-state index is -0.340. The van der Waals surface area contributed by atoms with Crippen LogP contribution in [-0.2, 0) is 6.61 Å². The van der Waals surface area contributed by atoms with Crippen LogP contribution < -0.4 is 16.0 Å². The van der Waals surface area contributed by atoms with Crippen LogP contribution in [0.15, 0.2) is 42.6 Å². The van der Waals surface area contributed by atoms with Gasteiger partial charge in [0.1, 0.15) is 0 Å². The van der Waals surface area contributed by atoms with Gasteiger partial charge in [0.25, 0.3) is 0 Å². The lowest BCUT2D eigenvalue weighted by Gasteiger charge is -2.06. The molecule has 0 radical (unpaired) electrons. The number of amides is 2. The van der Waals surface area contributed by atoms with Crippen molar-refractivity contribution in [3.8, 4) is 0 Å². The number of anilines is 3. The maximum Gasteiger partial charge on any atom is 0.320 e. The number of rotatable bonds is 4. The van der Waals surface area contributed by atoms with Gasteiger partial charge in [0.05, 0.1) is 12.8 Å². The van der Waals surface area contributed by atoms with Gasteiger partial charge in [-0.15, -0.1) is 5.10 Å². The topological polar surface area (TPSA) is 104 Å². The number of aliphatic hydroxyl groups is 1.